The van der Waals surface area contributed by atoms with E-state index >= 15 is 0 Å². The molecule has 0 atom stereocenters. The molecule has 23 heavy (non-hydrogen) atoms. The Labute approximate surface area is 136 Å². The molecule has 0 aliphatic rings. The van der Waals surface area contributed by atoms with Crippen molar-refractivity contribution in [2.75, 3.05) is 6.61 Å². The van der Waals surface area contributed by atoms with Gasteiger partial charge in [0, 0.05) is 12.3 Å². The molecule has 2 aromatic rings. The second kappa shape index (κ2) is 7.45. The molecule has 0 aromatic carbocycles. The molecule has 1 amide bonds. The number of hydrogen-bond acceptors (Lipinski definition) is 7. The van der Waals surface area contributed by atoms with Gasteiger partial charge in [-0.25, -0.2) is 10.4 Å². The summed E-state index contributed by atoms with van der Waals surface area (Å²) in [5, 5.41) is 14.6. The number of hydrogen-bond donors (Lipinski definition) is 1. The van der Waals surface area contributed by atoms with Gasteiger partial charge in [-0.3, -0.25) is 14.9 Å². The second-order valence-electron chi connectivity index (χ2n) is 4.34. The van der Waals surface area contributed by atoms with E-state index in [4.69, 9.17) is 4.74 Å². The van der Waals surface area contributed by atoms with Gasteiger partial charge in [0.2, 0.25) is 5.88 Å². The lowest BCUT2D eigenvalue weighted by molar-refractivity contribution is -0.385. The minimum atomic E-state index is -0.472. The van der Waals surface area contributed by atoms with Gasteiger partial charge in [0.1, 0.15) is 5.56 Å². The molecular weight excluding hydrogens is 320 g/mol. The summed E-state index contributed by atoms with van der Waals surface area (Å²) in [7, 11) is 0. The van der Waals surface area contributed by atoms with Gasteiger partial charge < -0.3 is 4.74 Å². The third-order valence-corrected chi connectivity index (χ3v) is 3.74. The van der Waals surface area contributed by atoms with E-state index in [1.807, 2.05) is 0 Å². The first-order valence-corrected chi connectivity index (χ1v) is 7.50. The Bertz CT molecular complexity index is 757. The van der Waals surface area contributed by atoms with E-state index in [1.54, 1.807) is 26.0 Å². The number of ether oxygens (including phenoxy) is 1. The van der Waals surface area contributed by atoms with E-state index in [9.17, 15) is 14.9 Å². The van der Waals surface area contributed by atoms with E-state index in [0.29, 0.717) is 16.4 Å². The first kappa shape index (κ1) is 16.6. The van der Waals surface area contributed by atoms with Crippen LogP contribution >= 0.6 is 11.3 Å². The molecule has 0 spiro atoms. The molecule has 0 unspecified atom stereocenters. The average Bonchev–Trinajstić information content (AvgIpc) is 2.89. The third kappa shape index (κ3) is 4.10. The van der Waals surface area contributed by atoms with Crippen molar-refractivity contribution >= 4 is 29.1 Å². The summed E-state index contributed by atoms with van der Waals surface area (Å²) in [4.78, 5) is 27.5. The van der Waals surface area contributed by atoms with Crippen LogP contribution in [-0.4, -0.2) is 28.6 Å². The number of carbonyl (C=O) groups is 1. The van der Waals surface area contributed by atoms with Gasteiger partial charge in [-0.2, -0.15) is 5.10 Å². The van der Waals surface area contributed by atoms with Crippen LogP contribution in [0.25, 0.3) is 0 Å². The standard InChI is InChI=1S/C14H14N4O4S/c1-3-22-14-11(5-4-6-15-14)13(19)17-16-8-10-7-12(18(20)21)9(2)23-10/h4-8H,3H2,1-2H3,(H,17,19). The fourth-order valence-electron chi connectivity index (χ4n) is 1.77. The second-order valence-corrected chi connectivity index (χ2v) is 5.62. The topological polar surface area (TPSA) is 107 Å². The van der Waals surface area contributed by atoms with Crippen LogP contribution in [0, 0.1) is 17.0 Å². The van der Waals surface area contributed by atoms with Crippen LogP contribution in [-0.2, 0) is 0 Å². The zero-order chi connectivity index (χ0) is 16.8. The number of hydrazone groups is 1. The quantitative estimate of drug-likeness (QED) is 0.496. The van der Waals surface area contributed by atoms with E-state index in [0.717, 1.165) is 0 Å². The molecule has 2 heterocycles. The molecule has 1 N–H and O–H groups in total. The van der Waals surface area contributed by atoms with Crippen molar-refractivity contribution in [3.8, 4) is 5.88 Å². The summed E-state index contributed by atoms with van der Waals surface area (Å²) < 4.78 is 5.27. The minimum Gasteiger partial charge on any atom is -0.477 e. The Kier molecular flexibility index (Phi) is 5.36. The lowest BCUT2D eigenvalue weighted by atomic mass is 10.2. The Morgan fingerprint density at radius 3 is 3.04 bits per heavy atom. The number of nitrogens with zero attached hydrogens (tertiary/aromatic N) is 3. The molecule has 0 radical (unpaired) electrons. The van der Waals surface area contributed by atoms with Crippen molar-refractivity contribution in [1.82, 2.24) is 10.4 Å². The Balaban J connectivity index is 2.07. The number of thiophene rings is 1. The van der Waals surface area contributed by atoms with E-state index in [2.05, 4.69) is 15.5 Å². The summed E-state index contributed by atoms with van der Waals surface area (Å²) in [6.07, 6.45) is 2.89. The molecule has 0 aliphatic heterocycles. The van der Waals surface area contributed by atoms with Crippen LogP contribution in [0.3, 0.4) is 0 Å². The number of aromatic nitrogens is 1. The highest BCUT2D eigenvalue weighted by Crippen LogP contribution is 2.26. The number of pyridine rings is 1. The van der Waals surface area contributed by atoms with Crippen molar-refractivity contribution in [2.24, 2.45) is 5.10 Å². The van der Waals surface area contributed by atoms with Gasteiger partial charge in [0.25, 0.3) is 11.6 Å². The average molecular weight is 334 g/mol. The minimum absolute atomic E-state index is 0.0358. The molecule has 0 aliphatic carbocycles. The van der Waals surface area contributed by atoms with Gasteiger partial charge in [-0.05, 0) is 26.0 Å². The highest BCUT2D eigenvalue weighted by Gasteiger charge is 2.15. The molecule has 0 saturated carbocycles. The molecule has 120 valence electrons. The molecule has 8 nitrogen and oxygen atoms in total. The smallest absolute Gasteiger partial charge is 0.283 e. The Morgan fingerprint density at radius 2 is 2.39 bits per heavy atom. The van der Waals surface area contributed by atoms with Crippen LogP contribution in [0.1, 0.15) is 27.0 Å². The molecule has 2 aromatic heterocycles. The summed E-state index contributed by atoms with van der Waals surface area (Å²) in [5.41, 5.74) is 2.65. The molecule has 2 rings (SSSR count). The number of aryl methyl sites for hydroxylation is 1. The zero-order valence-corrected chi connectivity index (χ0v) is 13.3. The van der Waals surface area contributed by atoms with Crippen LogP contribution in [0.2, 0.25) is 0 Å². The maximum Gasteiger partial charge on any atom is 0.283 e. The maximum atomic E-state index is 12.1. The summed E-state index contributed by atoms with van der Waals surface area (Å²) >= 11 is 1.22. The van der Waals surface area contributed by atoms with Gasteiger partial charge in [-0.15, -0.1) is 11.3 Å². The number of nitrogens with one attached hydrogen (secondary N) is 1. The van der Waals surface area contributed by atoms with Crippen LogP contribution in [0.4, 0.5) is 5.69 Å². The highest BCUT2D eigenvalue weighted by atomic mass is 32.1. The first-order chi connectivity index (χ1) is 11.0. The van der Waals surface area contributed by atoms with Gasteiger partial charge in [-0.1, -0.05) is 0 Å². The maximum absolute atomic E-state index is 12.1. The van der Waals surface area contributed by atoms with E-state index < -0.39 is 10.8 Å². The Hall–Kier alpha value is -2.81. The summed E-state index contributed by atoms with van der Waals surface area (Å²) in [6.45, 7) is 3.84. The van der Waals surface area contributed by atoms with Crippen molar-refractivity contribution in [3.63, 3.8) is 0 Å². The van der Waals surface area contributed by atoms with Crippen LogP contribution < -0.4 is 10.2 Å². The molecule has 9 heteroatoms. The van der Waals surface area contributed by atoms with E-state index in [1.165, 1.54) is 29.8 Å². The monoisotopic (exact) mass is 334 g/mol. The summed E-state index contributed by atoms with van der Waals surface area (Å²) in [5.74, 6) is -0.245. The summed E-state index contributed by atoms with van der Waals surface area (Å²) in [6, 6.07) is 4.60. The van der Waals surface area contributed by atoms with Crippen molar-refractivity contribution in [2.45, 2.75) is 13.8 Å². The van der Waals surface area contributed by atoms with E-state index in [-0.39, 0.29) is 17.1 Å². The lowest BCUT2D eigenvalue weighted by Gasteiger charge is -2.06. The SMILES string of the molecule is CCOc1ncccc1C(=O)NN=Cc1cc([N+](=O)[O-])c(C)s1. The first-order valence-electron chi connectivity index (χ1n) is 6.69. The largest absolute Gasteiger partial charge is 0.477 e. The molecular formula is C14H14N4O4S. The van der Waals surface area contributed by atoms with Gasteiger partial charge >= 0.3 is 0 Å². The van der Waals surface area contributed by atoms with Crippen molar-refractivity contribution < 1.29 is 14.5 Å². The zero-order valence-electron chi connectivity index (χ0n) is 12.5. The fourth-order valence-corrected chi connectivity index (χ4v) is 2.64. The normalized spacial score (nSPS) is 10.7. The predicted octanol–water partition coefficient (Wildman–Crippen LogP) is 2.52. The third-order valence-electron chi connectivity index (χ3n) is 2.76. The number of carbonyl (C=O) groups excluding carboxylic acids is 1. The molecule has 0 saturated heterocycles. The lowest BCUT2D eigenvalue weighted by Crippen LogP contribution is -2.19. The number of amides is 1. The van der Waals surface area contributed by atoms with Gasteiger partial charge in [0.05, 0.1) is 27.5 Å². The van der Waals surface area contributed by atoms with Crippen LogP contribution in [0.15, 0.2) is 29.5 Å². The van der Waals surface area contributed by atoms with Gasteiger partial charge in [0.15, 0.2) is 0 Å². The fraction of sp³-hybridized carbons (Fsp3) is 0.214. The molecule has 0 fully saturated rings. The van der Waals surface area contributed by atoms with Crippen molar-refractivity contribution in [3.05, 3.63) is 49.8 Å². The molecule has 0 bridgehead atoms. The van der Waals surface area contributed by atoms with Crippen LogP contribution in [0.5, 0.6) is 5.88 Å². The number of rotatable bonds is 6. The van der Waals surface area contributed by atoms with Crippen molar-refractivity contribution in [1.29, 1.82) is 0 Å². The highest BCUT2D eigenvalue weighted by molar-refractivity contribution is 7.14. The Morgan fingerprint density at radius 1 is 1.61 bits per heavy atom. The number of nitro groups is 1. The predicted molar refractivity (Wildman–Crippen MR) is 86.2 cm³/mol.